The first-order valence-electron chi connectivity index (χ1n) is 11.4. The normalized spacial score (nSPS) is 26.5. The fourth-order valence-electron chi connectivity index (χ4n) is 4.63. The quantitative estimate of drug-likeness (QED) is 0.509. The summed E-state index contributed by atoms with van der Waals surface area (Å²) in [5, 5.41) is 0.635. The van der Waals surface area contributed by atoms with Crippen LogP contribution in [0.1, 0.15) is 45.4 Å². The maximum absolute atomic E-state index is 13.0. The van der Waals surface area contributed by atoms with E-state index in [9.17, 15) is 9.59 Å². The largest absolute Gasteiger partial charge is 0.487 e. The standard InChI is InChI=1S/C24H34ClNO4S/c1-2-4-23(29-14-20(13-26)30-19-8-6-18(25)7-9-19)24-21(27)11-17(12-22(24)28)16-5-3-10-31-15-16/h6-9,16-17,20,23-24H,2-5,10-15,26H2,1H3. The third-order valence-corrected chi connectivity index (χ3v) is 7.80. The number of halogens is 1. The van der Waals surface area contributed by atoms with Crippen molar-refractivity contribution in [2.24, 2.45) is 23.5 Å². The van der Waals surface area contributed by atoms with Crippen molar-refractivity contribution >= 4 is 34.9 Å². The number of rotatable bonds is 10. The van der Waals surface area contributed by atoms with Gasteiger partial charge in [0.15, 0.2) is 0 Å². The summed E-state index contributed by atoms with van der Waals surface area (Å²) in [5.41, 5.74) is 5.88. The van der Waals surface area contributed by atoms with Crippen molar-refractivity contribution in [2.75, 3.05) is 24.7 Å². The summed E-state index contributed by atoms with van der Waals surface area (Å²) in [6.07, 6.45) is 4.08. The molecular weight excluding hydrogens is 434 g/mol. The van der Waals surface area contributed by atoms with E-state index in [0.29, 0.717) is 36.0 Å². The number of thioether (sulfide) groups is 1. The third kappa shape index (κ3) is 6.95. The van der Waals surface area contributed by atoms with Crippen LogP contribution >= 0.6 is 23.4 Å². The van der Waals surface area contributed by atoms with Gasteiger partial charge in [0.1, 0.15) is 29.3 Å². The van der Waals surface area contributed by atoms with Crippen molar-refractivity contribution in [1.29, 1.82) is 0 Å². The number of hydrogen-bond donors (Lipinski definition) is 1. The van der Waals surface area contributed by atoms with Gasteiger partial charge in [-0.15, -0.1) is 0 Å². The van der Waals surface area contributed by atoms with Crippen molar-refractivity contribution in [3.05, 3.63) is 29.3 Å². The molecule has 7 heteroatoms. The maximum Gasteiger partial charge on any atom is 0.146 e. The molecule has 31 heavy (non-hydrogen) atoms. The Hall–Kier alpha value is -1.08. The minimum atomic E-state index is -0.651. The summed E-state index contributed by atoms with van der Waals surface area (Å²) in [7, 11) is 0. The maximum atomic E-state index is 13.0. The molecule has 0 amide bonds. The second kappa shape index (κ2) is 12.2. The van der Waals surface area contributed by atoms with E-state index in [0.717, 1.165) is 18.6 Å². The lowest BCUT2D eigenvalue weighted by atomic mass is 9.71. The lowest BCUT2D eigenvalue weighted by molar-refractivity contribution is -0.146. The van der Waals surface area contributed by atoms with Gasteiger partial charge < -0.3 is 15.2 Å². The van der Waals surface area contributed by atoms with Crippen LogP contribution in [0.3, 0.4) is 0 Å². The molecule has 0 radical (unpaired) electrons. The summed E-state index contributed by atoms with van der Waals surface area (Å²) in [4.78, 5) is 26.1. The number of benzene rings is 1. The molecule has 3 atom stereocenters. The molecular formula is C24H34ClNO4S. The van der Waals surface area contributed by atoms with E-state index in [2.05, 4.69) is 0 Å². The molecule has 1 aliphatic carbocycles. The Balaban J connectivity index is 1.59. The molecule has 0 bridgehead atoms. The Kier molecular flexibility index (Phi) is 9.70. The van der Waals surface area contributed by atoms with E-state index >= 15 is 0 Å². The molecule has 1 aliphatic heterocycles. The second-order valence-electron chi connectivity index (χ2n) is 8.65. The predicted molar refractivity (Wildman–Crippen MR) is 126 cm³/mol. The number of nitrogens with two attached hydrogens (primary N) is 1. The lowest BCUT2D eigenvalue weighted by Crippen LogP contribution is -2.45. The van der Waals surface area contributed by atoms with Gasteiger partial charge in [0.05, 0.1) is 12.7 Å². The Labute approximate surface area is 194 Å². The molecule has 0 spiro atoms. The van der Waals surface area contributed by atoms with E-state index in [1.54, 1.807) is 24.3 Å². The van der Waals surface area contributed by atoms with Crippen LogP contribution < -0.4 is 10.5 Å². The van der Waals surface area contributed by atoms with Gasteiger partial charge in [0.2, 0.25) is 0 Å². The molecule has 2 fully saturated rings. The van der Waals surface area contributed by atoms with E-state index in [1.807, 2.05) is 18.7 Å². The average molecular weight is 468 g/mol. The fourth-order valence-corrected chi connectivity index (χ4v) is 6.03. The summed E-state index contributed by atoms with van der Waals surface area (Å²) >= 11 is 7.87. The summed E-state index contributed by atoms with van der Waals surface area (Å²) < 4.78 is 12.0. The molecule has 3 rings (SSSR count). The first-order chi connectivity index (χ1) is 15.0. The first kappa shape index (κ1) is 24.6. The minimum absolute atomic E-state index is 0.0539. The highest BCUT2D eigenvalue weighted by atomic mass is 35.5. The molecule has 172 valence electrons. The molecule has 1 heterocycles. The van der Waals surface area contributed by atoms with Crippen molar-refractivity contribution in [2.45, 2.75) is 57.7 Å². The Bertz CT molecular complexity index is 705. The molecule has 1 aromatic rings. The van der Waals surface area contributed by atoms with Gasteiger partial charge in [-0.3, -0.25) is 9.59 Å². The zero-order chi connectivity index (χ0) is 22.2. The molecule has 5 nitrogen and oxygen atoms in total. The van der Waals surface area contributed by atoms with E-state index in [-0.39, 0.29) is 36.7 Å². The molecule has 1 saturated carbocycles. The lowest BCUT2D eigenvalue weighted by Gasteiger charge is -2.36. The smallest absolute Gasteiger partial charge is 0.146 e. The minimum Gasteiger partial charge on any atom is -0.487 e. The van der Waals surface area contributed by atoms with Crippen LogP contribution in [0, 0.1) is 17.8 Å². The van der Waals surface area contributed by atoms with Crippen molar-refractivity contribution in [3.8, 4) is 5.75 Å². The highest BCUT2D eigenvalue weighted by Gasteiger charge is 2.43. The molecule has 1 aromatic carbocycles. The Morgan fingerprint density at radius 2 is 1.87 bits per heavy atom. The second-order valence-corrected chi connectivity index (χ2v) is 10.2. The molecule has 1 saturated heterocycles. The zero-order valence-corrected chi connectivity index (χ0v) is 19.8. The number of carbonyl (C=O) groups is 2. The number of ketones is 2. The van der Waals surface area contributed by atoms with Crippen molar-refractivity contribution in [1.82, 2.24) is 0 Å². The Morgan fingerprint density at radius 1 is 1.16 bits per heavy atom. The van der Waals surface area contributed by atoms with E-state index < -0.39 is 12.0 Å². The van der Waals surface area contributed by atoms with Crippen LogP contribution in [-0.4, -0.2) is 48.4 Å². The summed E-state index contributed by atoms with van der Waals surface area (Å²) in [5.74, 6) is 3.08. The van der Waals surface area contributed by atoms with Crippen LogP contribution in [-0.2, 0) is 14.3 Å². The van der Waals surface area contributed by atoms with Crippen LogP contribution in [0.15, 0.2) is 24.3 Å². The van der Waals surface area contributed by atoms with E-state index in [1.165, 1.54) is 12.2 Å². The highest BCUT2D eigenvalue weighted by molar-refractivity contribution is 7.99. The van der Waals surface area contributed by atoms with Gasteiger partial charge in [-0.2, -0.15) is 11.8 Å². The molecule has 3 unspecified atom stereocenters. The number of Topliss-reactive ketones (excluding diaryl/α,β-unsaturated/α-hetero) is 2. The summed E-state index contributed by atoms with van der Waals surface area (Å²) in [6.45, 7) is 2.56. The molecule has 2 N–H and O–H groups in total. The molecule has 2 aliphatic rings. The monoisotopic (exact) mass is 467 g/mol. The third-order valence-electron chi connectivity index (χ3n) is 6.30. The van der Waals surface area contributed by atoms with E-state index in [4.69, 9.17) is 26.8 Å². The van der Waals surface area contributed by atoms with Crippen LogP contribution in [0.2, 0.25) is 5.02 Å². The van der Waals surface area contributed by atoms with Gasteiger partial charge in [-0.25, -0.2) is 0 Å². The first-order valence-corrected chi connectivity index (χ1v) is 12.9. The topological polar surface area (TPSA) is 78.6 Å². The predicted octanol–water partition coefficient (Wildman–Crippen LogP) is 4.54. The van der Waals surface area contributed by atoms with Gasteiger partial charge in [-0.1, -0.05) is 24.9 Å². The van der Waals surface area contributed by atoms with Crippen LogP contribution in [0.25, 0.3) is 0 Å². The van der Waals surface area contributed by atoms with Gasteiger partial charge in [-0.05, 0) is 66.9 Å². The van der Waals surface area contributed by atoms with Gasteiger partial charge in [0.25, 0.3) is 0 Å². The van der Waals surface area contributed by atoms with Crippen molar-refractivity contribution < 1.29 is 19.1 Å². The number of carbonyl (C=O) groups excluding carboxylic acids is 2. The Morgan fingerprint density at radius 3 is 2.45 bits per heavy atom. The van der Waals surface area contributed by atoms with Crippen LogP contribution in [0.4, 0.5) is 0 Å². The molecule has 0 aromatic heterocycles. The van der Waals surface area contributed by atoms with Crippen molar-refractivity contribution in [3.63, 3.8) is 0 Å². The average Bonchev–Trinajstić information content (AvgIpc) is 2.77. The highest BCUT2D eigenvalue weighted by Crippen LogP contribution is 2.38. The van der Waals surface area contributed by atoms with Gasteiger partial charge in [0, 0.05) is 24.4 Å². The summed E-state index contributed by atoms with van der Waals surface area (Å²) in [6, 6.07) is 7.08. The van der Waals surface area contributed by atoms with Crippen LogP contribution in [0.5, 0.6) is 5.75 Å². The SMILES string of the molecule is CCCC(OCC(CN)Oc1ccc(Cl)cc1)C1C(=O)CC(C2CCCSC2)CC1=O. The van der Waals surface area contributed by atoms with Gasteiger partial charge >= 0.3 is 0 Å². The number of ether oxygens (including phenoxy) is 2. The zero-order valence-electron chi connectivity index (χ0n) is 18.3. The number of hydrogen-bond acceptors (Lipinski definition) is 6. The fraction of sp³-hybridized carbons (Fsp3) is 0.667.